The van der Waals surface area contributed by atoms with Gasteiger partial charge in [0.25, 0.3) is 0 Å². The first-order valence-corrected chi connectivity index (χ1v) is 10.7. The van der Waals surface area contributed by atoms with Crippen molar-refractivity contribution in [2.24, 2.45) is 11.8 Å². The third-order valence-corrected chi connectivity index (χ3v) is 8.05. The summed E-state index contributed by atoms with van der Waals surface area (Å²) in [5, 5.41) is 30.7. The molecule has 0 radical (unpaired) electrons. The highest BCUT2D eigenvalue weighted by Crippen LogP contribution is 2.56. The molecule has 3 rings (SSSR count). The quantitative estimate of drug-likeness (QED) is 0.610. The summed E-state index contributed by atoms with van der Waals surface area (Å²) < 4.78 is -0.246. The molecule has 0 bridgehead atoms. The second kappa shape index (κ2) is 8.90. The van der Waals surface area contributed by atoms with Gasteiger partial charge < -0.3 is 15.3 Å². The van der Waals surface area contributed by atoms with Gasteiger partial charge in [0.05, 0.1) is 23.6 Å². The van der Waals surface area contributed by atoms with Gasteiger partial charge in [0.15, 0.2) is 0 Å². The Morgan fingerprint density at radius 1 is 0.920 bits per heavy atom. The molecule has 1 aromatic carbocycles. The van der Waals surface area contributed by atoms with E-state index in [0.717, 1.165) is 0 Å². The Hall–Kier alpha value is -0.550. The lowest BCUT2D eigenvalue weighted by Crippen LogP contribution is -2.51. The minimum atomic E-state index is -0.839. The van der Waals surface area contributed by atoms with Crippen LogP contribution in [0.25, 0.3) is 0 Å². The molecule has 2 saturated carbocycles. The van der Waals surface area contributed by atoms with Crippen LogP contribution in [-0.4, -0.2) is 38.9 Å². The molecule has 0 heterocycles. The van der Waals surface area contributed by atoms with E-state index in [4.69, 9.17) is 0 Å². The Morgan fingerprint density at radius 2 is 1.44 bits per heavy atom. The summed E-state index contributed by atoms with van der Waals surface area (Å²) in [4.78, 5) is 1.21. The van der Waals surface area contributed by atoms with Gasteiger partial charge in [0, 0.05) is 11.3 Å². The molecule has 2 aliphatic carbocycles. The van der Waals surface area contributed by atoms with Gasteiger partial charge in [0.2, 0.25) is 0 Å². The molecule has 4 heteroatoms. The average molecular weight is 365 g/mol. The zero-order chi connectivity index (χ0) is 17.7. The predicted molar refractivity (Wildman–Crippen MR) is 103 cm³/mol. The fourth-order valence-corrected chi connectivity index (χ4v) is 6.81. The van der Waals surface area contributed by atoms with Crippen molar-refractivity contribution in [3.8, 4) is 0 Å². The van der Waals surface area contributed by atoms with E-state index < -0.39 is 12.2 Å². The van der Waals surface area contributed by atoms with E-state index in [1.54, 1.807) is 0 Å². The van der Waals surface area contributed by atoms with E-state index in [0.29, 0.717) is 11.8 Å². The number of aliphatic hydroxyl groups excluding tert-OH is 3. The fraction of sp³-hybridized carbons (Fsp3) is 0.714. The van der Waals surface area contributed by atoms with Crippen molar-refractivity contribution in [2.45, 2.75) is 79.6 Å². The summed E-state index contributed by atoms with van der Waals surface area (Å²) in [6.45, 7) is -0.279. The summed E-state index contributed by atoms with van der Waals surface area (Å²) >= 11 is 1.85. The molecule has 0 aliphatic heterocycles. The Bertz CT molecular complexity index is 493. The lowest BCUT2D eigenvalue weighted by molar-refractivity contribution is 0.000859. The van der Waals surface area contributed by atoms with Gasteiger partial charge in [-0.1, -0.05) is 43.9 Å². The maximum atomic E-state index is 11.4. The van der Waals surface area contributed by atoms with Crippen LogP contribution in [0.4, 0.5) is 0 Å². The van der Waals surface area contributed by atoms with Gasteiger partial charge in [-0.05, 0) is 49.7 Å². The lowest BCUT2D eigenvalue weighted by Gasteiger charge is -2.47. The van der Waals surface area contributed by atoms with Crippen molar-refractivity contribution in [2.75, 3.05) is 6.61 Å². The molecule has 0 spiro atoms. The maximum Gasteiger partial charge on any atom is 0.0796 e. The zero-order valence-corrected chi connectivity index (χ0v) is 15.8. The normalized spacial score (nSPS) is 22.4. The van der Waals surface area contributed by atoms with Gasteiger partial charge in [0.1, 0.15) is 0 Å². The topological polar surface area (TPSA) is 60.7 Å². The molecule has 2 fully saturated rings. The number of thioether (sulfide) groups is 1. The molecule has 3 N–H and O–H groups in total. The molecule has 25 heavy (non-hydrogen) atoms. The summed E-state index contributed by atoms with van der Waals surface area (Å²) in [7, 11) is 0. The first-order valence-electron chi connectivity index (χ1n) is 9.88. The van der Waals surface area contributed by atoms with Crippen molar-refractivity contribution >= 4 is 11.8 Å². The fourth-order valence-electron chi connectivity index (χ4n) is 5.08. The lowest BCUT2D eigenvalue weighted by atomic mass is 9.73. The third kappa shape index (κ3) is 4.24. The maximum absolute atomic E-state index is 11.4. The Kier molecular flexibility index (Phi) is 6.84. The van der Waals surface area contributed by atoms with Gasteiger partial charge in [-0.3, -0.25) is 0 Å². The molecule has 2 aliphatic rings. The van der Waals surface area contributed by atoms with E-state index >= 15 is 0 Å². The first kappa shape index (κ1) is 19.2. The van der Waals surface area contributed by atoms with Crippen LogP contribution >= 0.6 is 11.8 Å². The number of rotatable bonds is 8. The molecule has 0 aromatic heterocycles. The van der Waals surface area contributed by atoms with Crippen LogP contribution < -0.4 is 0 Å². The van der Waals surface area contributed by atoms with Crippen LogP contribution in [0.1, 0.15) is 57.8 Å². The van der Waals surface area contributed by atoms with Crippen molar-refractivity contribution in [3.05, 3.63) is 30.3 Å². The standard InChI is InChI=1S/C21H32O3S/c22-15-18(23)14-20(24)21(16-8-4-5-9-16,17-10-6-7-11-17)25-19-12-2-1-3-13-19/h1-3,12-13,16-18,20,22-24H,4-11,14-15H2/t18-,20-/m1/s1. The Labute approximate surface area is 155 Å². The second-order valence-electron chi connectivity index (χ2n) is 7.82. The Morgan fingerprint density at radius 3 is 1.92 bits per heavy atom. The van der Waals surface area contributed by atoms with Crippen LogP contribution in [0.3, 0.4) is 0 Å². The van der Waals surface area contributed by atoms with Crippen LogP contribution in [0.5, 0.6) is 0 Å². The third-order valence-electron chi connectivity index (χ3n) is 6.25. The van der Waals surface area contributed by atoms with Crippen molar-refractivity contribution in [1.29, 1.82) is 0 Å². The van der Waals surface area contributed by atoms with Gasteiger partial charge in [-0.15, -0.1) is 11.8 Å². The van der Waals surface area contributed by atoms with E-state index in [9.17, 15) is 15.3 Å². The van der Waals surface area contributed by atoms with E-state index in [-0.39, 0.29) is 17.8 Å². The monoisotopic (exact) mass is 364 g/mol. The summed E-state index contributed by atoms with van der Waals surface area (Å²) in [6.07, 6.45) is 8.47. The van der Waals surface area contributed by atoms with E-state index in [2.05, 4.69) is 24.3 Å². The average Bonchev–Trinajstić information content (AvgIpc) is 3.34. The highest BCUT2D eigenvalue weighted by atomic mass is 32.2. The van der Waals surface area contributed by atoms with E-state index in [1.165, 1.54) is 56.3 Å². The van der Waals surface area contributed by atoms with Crippen LogP contribution in [-0.2, 0) is 0 Å². The van der Waals surface area contributed by atoms with Gasteiger partial charge >= 0.3 is 0 Å². The predicted octanol–water partition coefficient (Wildman–Crippen LogP) is 4.00. The molecular formula is C21H32O3S. The molecular weight excluding hydrogens is 332 g/mol. The summed E-state index contributed by atoms with van der Waals surface area (Å²) in [6, 6.07) is 10.4. The molecule has 3 nitrogen and oxygen atoms in total. The minimum absolute atomic E-state index is 0.246. The Balaban J connectivity index is 1.95. The largest absolute Gasteiger partial charge is 0.394 e. The van der Waals surface area contributed by atoms with Crippen LogP contribution in [0.2, 0.25) is 0 Å². The van der Waals surface area contributed by atoms with E-state index in [1.807, 2.05) is 17.8 Å². The van der Waals surface area contributed by atoms with Crippen LogP contribution in [0.15, 0.2) is 35.2 Å². The number of aliphatic hydroxyl groups is 3. The van der Waals surface area contributed by atoms with Gasteiger partial charge in [-0.25, -0.2) is 0 Å². The van der Waals surface area contributed by atoms with Crippen molar-refractivity contribution in [1.82, 2.24) is 0 Å². The number of hydrogen-bond acceptors (Lipinski definition) is 4. The van der Waals surface area contributed by atoms with Gasteiger partial charge in [-0.2, -0.15) is 0 Å². The smallest absolute Gasteiger partial charge is 0.0796 e. The SMILES string of the molecule is OC[C@H](O)C[C@@H](O)C(Sc1ccccc1)(C1CCCC1)C1CCCC1. The number of hydrogen-bond donors (Lipinski definition) is 3. The summed E-state index contributed by atoms with van der Waals surface area (Å²) in [5.74, 6) is 0.975. The zero-order valence-electron chi connectivity index (χ0n) is 15.0. The van der Waals surface area contributed by atoms with Crippen LogP contribution in [0, 0.1) is 11.8 Å². The molecule has 140 valence electrons. The van der Waals surface area contributed by atoms with Crippen molar-refractivity contribution in [3.63, 3.8) is 0 Å². The molecule has 1 aromatic rings. The molecule has 0 amide bonds. The number of benzene rings is 1. The van der Waals surface area contributed by atoms with Crippen molar-refractivity contribution < 1.29 is 15.3 Å². The molecule has 0 unspecified atom stereocenters. The highest BCUT2D eigenvalue weighted by molar-refractivity contribution is 8.00. The highest BCUT2D eigenvalue weighted by Gasteiger charge is 2.52. The first-order chi connectivity index (χ1) is 12.2. The summed E-state index contributed by atoms with van der Waals surface area (Å²) in [5.41, 5.74) is 0. The second-order valence-corrected chi connectivity index (χ2v) is 9.20. The minimum Gasteiger partial charge on any atom is -0.394 e. The molecule has 2 atom stereocenters. The molecule has 0 saturated heterocycles.